The van der Waals surface area contributed by atoms with Crippen LogP contribution in [-0.4, -0.2) is 57.5 Å². The maximum atomic E-state index is 8.83. The third-order valence-electron chi connectivity index (χ3n) is 2.41. The highest BCUT2D eigenvalue weighted by Gasteiger charge is 2.04. The molecule has 0 aromatic carbocycles. The summed E-state index contributed by atoms with van der Waals surface area (Å²) < 4.78 is 2.06. The van der Waals surface area contributed by atoms with Gasteiger partial charge < -0.3 is 14.8 Å². The smallest absolute Gasteiger partial charge is 0.105 e. The average Bonchev–Trinajstić information content (AvgIpc) is 2.61. The number of imidazole rings is 1. The number of aryl methyl sites for hydroxylation is 1. The summed E-state index contributed by atoms with van der Waals surface area (Å²) >= 11 is 0. The summed E-state index contributed by atoms with van der Waals surface area (Å²) in [4.78, 5) is 6.16. The molecule has 0 bridgehead atoms. The van der Waals surface area contributed by atoms with Gasteiger partial charge in [-0.1, -0.05) is 0 Å². The summed E-state index contributed by atoms with van der Waals surface area (Å²) in [7, 11) is 0. The van der Waals surface area contributed by atoms with Crippen LogP contribution in [0.4, 0.5) is 0 Å². The van der Waals surface area contributed by atoms with Crippen molar-refractivity contribution in [2.75, 3.05) is 32.8 Å². The van der Waals surface area contributed by atoms with Crippen LogP contribution in [0.1, 0.15) is 5.82 Å². The van der Waals surface area contributed by atoms with E-state index in [0.29, 0.717) is 13.1 Å². The lowest BCUT2D eigenvalue weighted by atomic mass is 10.4. The van der Waals surface area contributed by atoms with E-state index in [-0.39, 0.29) is 13.2 Å². The predicted octanol–water partition coefficient (Wildman–Crippen LogP) is -0.522. The van der Waals surface area contributed by atoms with Gasteiger partial charge >= 0.3 is 0 Å². The monoisotopic (exact) mass is 213 g/mol. The summed E-state index contributed by atoms with van der Waals surface area (Å²) in [6, 6.07) is 0. The van der Waals surface area contributed by atoms with Gasteiger partial charge in [-0.15, -0.1) is 0 Å². The van der Waals surface area contributed by atoms with Crippen molar-refractivity contribution in [3.63, 3.8) is 0 Å². The molecule has 0 saturated carbocycles. The Labute approximate surface area is 90.0 Å². The Balaban J connectivity index is 2.36. The molecule has 0 aliphatic carbocycles. The number of nitrogens with zero attached hydrogens (tertiary/aromatic N) is 3. The van der Waals surface area contributed by atoms with Crippen molar-refractivity contribution in [2.45, 2.75) is 13.5 Å². The van der Waals surface area contributed by atoms with Crippen LogP contribution in [0.3, 0.4) is 0 Å². The highest BCUT2D eigenvalue weighted by molar-refractivity contribution is 4.88. The van der Waals surface area contributed by atoms with Crippen LogP contribution in [-0.2, 0) is 6.54 Å². The zero-order valence-electron chi connectivity index (χ0n) is 9.13. The Morgan fingerprint density at radius 2 is 1.93 bits per heavy atom. The van der Waals surface area contributed by atoms with Gasteiger partial charge in [0.25, 0.3) is 0 Å². The van der Waals surface area contributed by atoms with Gasteiger partial charge in [-0.3, -0.25) is 4.90 Å². The van der Waals surface area contributed by atoms with E-state index in [1.807, 2.05) is 18.0 Å². The Bertz CT molecular complexity index is 269. The molecule has 1 aromatic rings. The fraction of sp³-hybridized carbons (Fsp3) is 0.700. The predicted molar refractivity (Wildman–Crippen MR) is 57.6 cm³/mol. The van der Waals surface area contributed by atoms with E-state index in [2.05, 4.69) is 9.55 Å². The SMILES string of the molecule is Cc1nccn1CCN(CCO)CCO. The minimum Gasteiger partial charge on any atom is -0.395 e. The largest absolute Gasteiger partial charge is 0.395 e. The summed E-state index contributed by atoms with van der Waals surface area (Å²) in [5.74, 6) is 0.989. The van der Waals surface area contributed by atoms with Gasteiger partial charge in [-0.2, -0.15) is 0 Å². The fourth-order valence-electron chi connectivity index (χ4n) is 1.51. The second kappa shape index (κ2) is 6.55. The summed E-state index contributed by atoms with van der Waals surface area (Å²) in [6.07, 6.45) is 3.71. The van der Waals surface area contributed by atoms with Crippen LogP contribution in [0.25, 0.3) is 0 Å². The zero-order valence-corrected chi connectivity index (χ0v) is 9.13. The number of rotatable bonds is 7. The highest BCUT2D eigenvalue weighted by atomic mass is 16.3. The molecule has 0 unspecified atom stereocenters. The molecule has 0 aliphatic rings. The van der Waals surface area contributed by atoms with Gasteiger partial charge in [0, 0.05) is 38.6 Å². The molecule has 0 saturated heterocycles. The topological polar surface area (TPSA) is 61.5 Å². The van der Waals surface area contributed by atoms with Crippen LogP contribution in [0.2, 0.25) is 0 Å². The van der Waals surface area contributed by atoms with Gasteiger partial charge in [-0.25, -0.2) is 4.98 Å². The molecule has 0 fully saturated rings. The molecule has 0 radical (unpaired) electrons. The molecule has 86 valence electrons. The second-order valence-corrected chi connectivity index (χ2v) is 3.46. The zero-order chi connectivity index (χ0) is 11.1. The van der Waals surface area contributed by atoms with Crippen LogP contribution in [0.15, 0.2) is 12.4 Å². The number of aliphatic hydroxyl groups is 2. The molecule has 1 aromatic heterocycles. The van der Waals surface area contributed by atoms with Crippen molar-refractivity contribution < 1.29 is 10.2 Å². The lowest BCUT2D eigenvalue weighted by molar-refractivity contribution is 0.157. The van der Waals surface area contributed by atoms with Gasteiger partial charge in [0.15, 0.2) is 0 Å². The van der Waals surface area contributed by atoms with Crippen molar-refractivity contribution in [2.24, 2.45) is 0 Å². The minimum atomic E-state index is 0.128. The second-order valence-electron chi connectivity index (χ2n) is 3.46. The van der Waals surface area contributed by atoms with Crippen LogP contribution >= 0.6 is 0 Å². The first kappa shape index (κ1) is 12.2. The molecule has 5 heteroatoms. The average molecular weight is 213 g/mol. The Morgan fingerprint density at radius 3 is 2.40 bits per heavy atom. The van der Waals surface area contributed by atoms with E-state index in [9.17, 15) is 0 Å². The first-order chi connectivity index (χ1) is 7.27. The van der Waals surface area contributed by atoms with Crippen molar-refractivity contribution in [1.82, 2.24) is 14.5 Å². The normalized spacial score (nSPS) is 11.2. The van der Waals surface area contributed by atoms with Gasteiger partial charge in [0.1, 0.15) is 5.82 Å². The molecule has 15 heavy (non-hydrogen) atoms. The Hall–Kier alpha value is -0.910. The van der Waals surface area contributed by atoms with E-state index >= 15 is 0 Å². The molecular weight excluding hydrogens is 194 g/mol. The first-order valence-electron chi connectivity index (χ1n) is 5.19. The summed E-state index contributed by atoms with van der Waals surface area (Å²) in [6.45, 7) is 5.08. The van der Waals surface area contributed by atoms with Crippen molar-refractivity contribution in [3.8, 4) is 0 Å². The lowest BCUT2D eigenvalue weighted by Gasteiger charge is -2.20. The molecule has 1 rings (SSSR count). The van der Waals surface area contributed by atoms with Crippen molar-refractivity contribution >= 4 is 0 Å². The number of hydrogen-bond donors (Lipinski definition) is 2. The number of hydrogen-bond acceptors (Lipinski definition) is 4. The standard InChI is InChI=1S/C10H19N3O2/c1-10-11-2-3-13(10)5-4-12(6-8-14)7-9-15/h2-3,14-15H,4-9H2,1H3. The molecule has 0 spiro atoms. The molecule has 0 aliphatic heterocycles. The van der Waals surface area contributed by atoms with Crippen molar-refractivity contribution in [1.29, 1.82) is 0 Å². The van der Waals surface area contributed by atoms with Gasteiger partial charge in [-0.05, 0) is 6.92 Å². The quantitative estimate of drug-likeness (QED) is 0.639. The maximum Gasteiger partial charge on any atom is 0.105 e. The maximum absolute atomic E-state index is 8.83. The lowest BCUT2D eigenvalue weighted by Crippen LogP contribution is -2.32. The van der Waals surface area contributed by atoms with Gasteiger partial charge in [0.05, 0.1) is 13.2 Å². The van der Waals surface area contributed by atoms with Crippen LogP contribution in [0, 0.1) is 6.92 Å². The number of aromatic nitrogens is 2. The molecular formula is C10H19N3O2. The van der Waals surface area contributed by atoms with Gasteiger partial charge in [0.2, 0.25) is 0 Å². The van der Waals surface area contributed by atoms with E-state index in [0.717, 1.165) is 18.9 Å². The molecule has 2 N–H and O–H groups in total. The summed E-state index contributed by atoms with van der Waals surface area (Å²) in [5, 5.41) is 17.7. The van der Waals surface area contributed by atoms with Crippen LogP contribution < -0.4 is 0 Å². The molecule has 1 heterocycles. The van der Waals surface area contributed by atoms with Crippen LogP contribution in [0.5, 0.6) is 0 Å². The van der Waals surface area contributed by atoms with E-state index in [1.54, 1.807) is 6.20 Å². The third-order valence-corrected chi connectivity index (χ3v) is 2.41. The van der Waals surface area contributed by atoms with E-state index < -0.39 is 0 Å². The third kappa shape index (κ3) is 3.99. The number of aliphatic hydroxyl groups excluding tert-OH is 2. The van der Waals surface area contributed by atoms with E-state index in [4.69, 9.17) is 10.2 Å². The first-order valence-corrected chi connectivity index (χ1v) is 5.19. The van der Waals surface area contributed by atoms with E-state index in [1.165, 1.54) is 0 Å². The highest BCUT2D eigenvalue weighted by Crippen LogP contribution is 1.96. The van der Waals surface area contributed by atoms with Crippen molar-refractivity contribution in [3.05, 3.63) is 18.2 Å². The molecule has 5 nitrogen and oxygen atoms in total. The molecule has 0 atom stereocenters. The minimum absolute atomic E-state index is 0.128. The summed E-state index contributed by atoms with van der Waals surface area (Å²) in [5.41, 5.74) is 0. The molecule has 0 amide bonds. The Morgan fingerprint density at radius 1 is 1.27 bits per heavy atom. The fourth-order valence-corrected chi connectivity index (χ4v) is 1.51. The Kier molecular flexibility index (Phi) is 5.31.